The number of hydrogen-bond donors (Lipinski definition) is 1. The van der Waals surface area contributed by atoms with Crippen molar-refractivity contribution in [2.45, 2.75) is 46.5 Å². The zero-order chi connectivity index (χ0) is 19.2. The van der Waals surface area contributed by atoms with Crippen molar-refractivity contribution in [1.29, 1.82) is 0 Å². The van der Waals surface area contributed by atoms with Crippen LogP contribution in [0.2, 0.25) is 0 Å². The average molecular weight is 390 g/mol. The van der Waals surface area contributed by atoms with E-state index in [0.717, 1.165) is 12.8 Å². The Kier molecular flexibility index (Phi) is 8.32. The molecule has 2 fully saturated rings. The Labute approximate surface area is 158 Å². The van der Waals surface area contributed by atoms with Crippen molar-refractivity contribution < 1.29 is 17.9 Å². The number of hydrogen-bond acceptors (Lipinski definition) is 4. The van der Waals surface area contributed by atoms with E-state index in [-0.39, 0.29) is 11.8 Å². The number of ether oxygens (including phenoxy) is 1. The number of rotatable bonds is 8. The molecule has 0 aliphatic carbocycles. The highest BCUT2D eigenvalue weighted by atomic mass is 32.2. The number of amides is 1. The fourth-order valence-electron chi connectivity index (χ4n) is 3.98. The van der Waals surface area contributed by atoms with Crippen LogP contribution in [0.1, 0.15) is 46.5 Å². The highest BCUT2D eigenvalue weighted by Crippen LogP contribution is 2.27. The van der Waals surface area contributed by atoms with Gasteiger partial charge in [-0.3, -0.25) is 4.79 Å². The Hall–Kier alpha value is -0.700. The van der Waals surface area contributed by atoms with Gasteiger partial charge in [0.25, 0.3) is 10.2 Å². The highest BCUT2D eigenvalue weighted by Gasteiger charge is 2.37. The first kappa shape index (κ1) is 21.6. The number of carbonyl (C=O) groups is 1. The number of nitrogens with zero attached hydrogens (tertiary/aromatic N) is 2. The molecule has 0 bridgehead atoms. The highest BCUT2D eigenvalue weighted by molar-refractivity contribution is 7.86. The standard InChI is InChI=1S/C18H35N3O4S/c1-4-25-11-5-8-19-18(22)17-6-9-20(10-7-17)26(23,24)21-13-15(2)12-16(3)14-21/h15-17H,4-14H2,1-3H3,(H,19,22)/t15-,16-/m0/s1. The van der Waals surface area contributed by atoms with Gasteiger partial charge in [-0.2, -0.15) is 17.0 Å². The average Bonchev–Trinajstić information content (AvgIpc) is 2.60. The number of nitrogens with one attached hydrogen (secondary N) is 1. The predicted molar refractivity (Wildman–Crippen MR) is 102 cm³/mol. The molecular weight excluding hydrogens is 354 g/mol. The molecule has 2 atom stereocenters. The van der Waals surface area contributed by atoms with Crippen molar-refractivity contribution in [3.8, 4) is 0 Å². The summed E-state index contributed by atoms with van der Waals surface area (Å²) in [5, 5.41) is 2.94. The molecule has 0 aromatic rings. The largest absolute Gasteiger partial charge is 0.382 e. The smallest absolute Gasteiger partial charge is 0.281 e. The first-order valence-corrected chi connectivity index (χ1v) is 11.3. The molecule has 2 saturated heterocycles. The molecule has 1 amide bonds. The Balaban J connectivity index is 1.79. The first-order valence-electron chi connectivity index (χ1n) is 9.95. The molecule has 0 unspecified atom stereocenters. The number of piperidine rings is 2. The van der Waals surface area contributed by atoms with Crippen LogP contribution < -0.4 is 5.32 Å². The molecule has 152 valence electrons. The van der Waals surface area contributed by atoms with Crippen LogP contribution in [0.15, 0.2) is 0 Å². The van der Waals surface area contributed by atoms with E-state index in [1.54, 1.807) is 8.61 Å². The lowest BCUT2D eigenvalue weighted by Gasteiger charge is -2.39. The van der Waals surface area contributed by atoms with Gasteiger partial charge in [0.1, 0.15) is 0 Å². The van der Waals surface area contributed by atoms with Gasteiger partial charge in [-0.05, 0) is 44.4 Å². The van der Waals surface area contributed by atoms with Gasteiger partial charge in [0.05, 0.1) is 0 Å². The lowest BCUT2D eigenvalue weighted by Crippen LogP contribution is -2.52. The molecule has 1 N–H and O–H groups in total. The predicted octanol–water partition coefficient (Wildman–Crippen LogP) is 1.46. The molecule has 8 heteroatoms. The SMILES string of the molecule is CCOCCCNC(=O)C1CCN(S(=O)(=O)N2C[C@@H](C)C[C@H](C)C2)CC1. The van der Waals surface area contributed by atoms with Gasteiger partial charge in [-0.1, -0.05) is 13.8 Å². The molecule has 2 aliphatic rings. The third-order valence-electron chi connectivity index (χ3n) is 5.28. The molecule has 0 aromatic carbocycles. The van der Waals surface area contributed by atoms with Gasteiger partial charge < -0.3 is 10.1 Å². The molecule has 0 radical (unpaired) electrons. The monoisotopic (exact) mass is 389 g/mol. The van der Waals surface area contributed by atoms with Crippen molar-refractivity contribution >= 4 is 16.1 Å². The minimum Gasteiger partial charge on any atom is -0.382 e. The van der Waals surface area contributed by atoms with Crippen LogP contribution in [-0.4, -0.2) is 68.9 Å². The minimum atomic E-state index is -3.41. The van der Waals surface area contributed by atoms with Crippen molar-refractivity contribution in [2.75, 3.05) is 45.9 Å². The maximum absolute atomic E-state index is 12.9. The van der Waals surface area contributed by atoms with Gasteiger partial charge in [-0.25, -0.2) is 0 Å². The summed E-state index contributed by atoms with van der Waals surface area (Å²) in [4.78, 5) is 12.2. The zero-order valence-electron chi connectivity index (χ0n) is 16.4. The summed E-state index contributed by atoms with van der Waals surface area (Å²) in [6.45, 7) is 10.2. The van der Waals surface area contributed by atoms with E-state index >= 15 is 0 Å². The summed E-state index contributed by atoms with van der Waals surface area (Å²) < 4.78 is 34.3. The van der Waals surface area contributed by atoms with E-state index in [4.69, 9.17) is 4.74 Å². The van der Waals surface area contributed by atoms with Crippen molar-refractivity contribution in [2.24, 2.45) is 17.8 Å². The maximum Gasteiger partial charge on any atom is 0.281 e. The molecule has 7 nitrogen and oxygen atoms in total. The second-order valence-electron chi connectivity index (χ2n) is 7.79. The van der Waals surface area contributed by atoms with E-state index in [2.05, 4.69) is 19.2 Å². The van der Waals surface area contributed by atoms with Crippen LogP contribution in [0, 0.1) is 17.8 Å². The van der Waals surface area contributed by atoms with Crippen molar-refractivity contribution in [3.05, 3.63) is 0 Å². The molecule has 0 spiro atoms. The molecular formula is C18H35N3O4S. The third kappa shape index (κ3) is 5.90. The van der Waals surface area contributed by atoms with E-state index in [9.17, 15) is 13.2 Å². The zero-order valence-corrected chi connectivity index (χ0v) is 17.3. The normalized spacial score (nSPS) is 26.7. The van der Waals surface area contributed by atoms with Gasteiger partial charge in [0.2, 0.25) is 5.91 Å². The van der Waals surface area contributed by atoms with E-state index in [1.165, 1.54) is 0 Å². The molecule has 2 heterocycles. The maximum atomic E-state index is 12.9. The molecule has 0 aromatic heterocycles. The summed E-state index contributed by atoms with van der Waals surface area (Å²) in [7, 11) is -3.41. The van der Waals surface area contributed by atoms with Crippen LogP contribution in [0.25, 0.3) is 0 Å². The topological polar surface area (TPSA) is 79.0 Å². The fraction of sp³-hybridized carbons (Fsp3) is 0.944. The van der Waals surface area contributed by atoms with E-state index < -0.39 is 10.2 Å². The van der Waals surface area contributed by atoms with Crippen LogP contribution in [0.4, 0.5) is 0 Å². The lowest BCUT2D eigenvalue weighted by molar-refractivity contribution is -0.126. The second-order valence-corrected chi connectivity index (χ2v) is 9.71. The summed E-state index contributed by atoms with van der Waals surface area (Å²) in [6.07, 6.45) is 3.07. The van der Waals surface area contributed by atoms with Gasteiger partial charge in [0.15, 0.2) is 0 Å². The van der Waals surface area contributed by atoms with Crippen molar-refractivity contribution in [1.82, 2.24) is 13.9 Å². The summed E-state index contributed by atoms with van der Waals surface area (Å²) in [6, 6.07) is 0. The molecule has 2 aliphatic heterocycles. The Bertz CT molecular complexity index is 537. The quantitative estimate of drug-likeness (QED) is 0.638. The first-order chi connectivity index (χ1) is 12.3. The van der Waals surface area contributed by atoms with Gasteiger partial charge in [-0.15, -0.1) is 0 Å². The van der Waals surface area contributed by atoms with Gasteiger partial charge >= 0.3 is 0 Å². The second kappa shape index (κ2) is 10.0. The summed E-state index contributed by atoms with van der Waals surface area (Å²) in [5.41, 5.74) is 0. The van der Waals surface area contributed by atoms with Crippen LogP contribution in [0.5, 0.6) is 0 Å². The van der Waals surface area contributed by atoms with Crippen LogP contribution >= 0.6 is 0 Å². The minimum absolute atomic E-state index is 0.0405. The molecule has 0 saturated carbocycles. The summed E-state index contributed by atoms with van der Waals surface area (Å²) in [5.74, 6) is 0.744. The number of carbonyl (C=O) groups excluding carboxylic acids is 1. The Morgan fingerprint density at radius 3 is 2.31 bits per heavy atom. The van der Waals surface area contributed by atoms with E-state index in [0.29, 0.717) is 70.6 Å². The molecule has 2 rings (SSSR count). The Morgan fingerprint density at radius 1 is 1.12 bits per heavy atom. The third-order valence-corrected chi connectivity index (χ3v) is 7.25. The van der Waals surface area contributed by atoms with Crippen LogP contribution in [0.3, 0.4) is 0 Å². The van der Waals surface area contributed by atoms with Crippen molar-refractivity contribution in [3.63, 3.8) is 0 Å². The Morgan fingerprint density at radius 2 is 1.73 bits per heavy atom. The fourth-order valence-corrected chi connectivity index (χ4v) is 5.87. The van der Waals surface area contributed by atoms with E-state index in [1.807, 2.05) is 6.92 Å². The van der Waals surface area contributed by atoms with Gasteiger partial charge in [0, 0.05) is 51.9 Å². The lowest BCUT2D eigenvalue weighted by atomic mass is 9.94. The molecule has 26 heavy (non-hydrogen) atoms. The summed E-state index contributed by atoms with van der Waals surface area (Å²) >= 11 is 0. The van der Waals surface area contributed by atoms with Crippen LogP contribution in [-0.2, 0) is 19.7 Å².